The molecule has 162 valence electrons. The molecule has 0 radical (unpaired) electrons. The molecule has 0 saturated carbocycles. The van der Waals surface area contributed by atoms with Crippen molar-refractivity contribution in [2.24, 2.45) is 4.99 Å². The first-order valence-electron chi connectivity index (χ1n) is 9.78. The fraction of sp³-hybridized carbons (Fsp3) is 0.526. The summed E-state index contributed by atoms with van der Waals surface area (Å²) in [4.78, 5) is 4.32. The van der Waals surface area contributed by atoms with Crippen LogP contribution in [0.3, 0.4) is 0 Å². The maximum atomic E-state index is 10.5. The van der Waals surface area contributed by atoms with E-state index in [0.717, 1.165) is 5.56 Å². The molecule has 0 aliphatic carbocycles. The molecule has 2 saturated heterocycles. The molecule has 4 rings (SSSR count). The number of fused-ring (bicyclic) bond motifs is 1. The molecule has 1 aromatic carbocycles. The van der Waals surface area contributed by atoms with Crippen molar-refractivity contribution in [1.29, 1.82) is 0 Å². The second kappa shape index (κ2) is 9.31. The molecular formula is C19H25N5O5S. The van der Waals surface area contributed by atoms with Crippen molar-refractivity contribution in [2.75, 3.05) is 6.54 Å². The summed E-state index contributed by atoms with van der Waals surface area (Å²) < 4.78 is 13.3. The topological polar surface area (TPSA) is 134 Å². The fourth-order valence-corrected chi connectivity index (χ4v) is 4.62. The normalized spacial score (nSPS) is 29.6. The molecule has 5 unspecified atom stereocenters. The highest BCUT2D eigenvalue weighted by Gasteiger charge is 2.49. The summed E-state index contributed by atoms with van der Waals surface area (Å²) in [7, 11) is 0. The van der Waals surface area contributed by atoms with Gasteiger partial charge in [-0.05, 0) is 24.6 Å². The largest absolute Gasteiger partial charge is 0.487 e. The Kier molecular flexibility index (Phi) is 6.54. The van der Waals surface area contributed by atoms with Gasteiger partial charge in [0.25, 0.3) is 0 Å². The zero-order valence-corrected chi connectivity index (χ0v) is 17.3. The van der Waals surface area contributed by atoms with E-state index in [1.807, 2.05) is 19.1 Å². The third kappa shape index (κ3) is 4.60. The molecule has 1 aromatic heterocycles. The predicted molar refractivity (Wildman–Crippen MR) is 110 cm³/mol. The maximum absolute atomic E-state index is 10.5. The summed E-state index contributed by atoms with van der Waals surface area (Å²) in [6.07, 6.45) is -0.955. The van der Waals surface area contributed by atoms with Crippen LogP contribution in [-0.4, -0.2) is 71.8 Å². The third-order valence-electron chi connectivity index (χ3n) is 4.94. The first-order valence-corrected chi connectivity index (χ1v) is 10.7. The van der Waals surface area contributed by atoms with Crippen LogP contribution in [0.15, 0.2) is 35.5 Å². The smallest absolute Gasteiger partial charge is 0.159 e. The number of amidine groups is 1. The third-order valence-corrected chi connectivity index (χ3v) is 6.05. The van der Waals surface area contributed by atoms with E-state index in [1.165, 1.54) is 11.8 Å². The molecule has 30 heavy (non-hydrogen) atoms. The molecule has 0 amide bonds. The number of aliphatic imine (C=N–C) groups is 1. The van der Waals surface area contributed by atoms with Crippen molar-refractivity contribution in [2.45, 2.75) is 56.5 Å². The van der Waals surface area contributed by atoms with Crippen LogP contribution < -0.4 is 10.1 Å². The molecule has 2 aliphatic heterocycles. The molecule has 10 nitrogen and oxygen atoms in total. The van der Waals surface area contributed by atoms with Gasteiger partial charge in [-0.2, -0.15) is 0 Å². The highest BCUT2D eigenvalue weighted by Crippen LogP contribution is 2.34. The van der Waals surface area contributed by atoms with Crippen molar-refractivity contribution >= 4 is 16.9 Å². The Labute approximate surface area is 177 Å². The zero-order valence-electron chi connectivity index (χ0n) is 16.5. The van der Waals surface area contributed by atoms with E-state index in [4.69, 9.17) is 9.47 Å². The standard InChI is InChI=1S/C19H25N5O5S/c1-2-20-19-21-15-17(27)16(26)14(29-18(15)30-19)8-24-7-12(22-23-24)10-28-13-5-3-4-11(6-13)9-25/h3-7,14-18,25-27H,2,8-10H2,1H3,(H,20,21). The molecule has 2 aromatic rings. The van der Waals surface area contributed by atoms with Gasteiger partial charge in [0.15, 0.2) is 5.17 Å². The average Bonchev–Trinajstić information content (AvgIpc) is 3.37. The number of aliphatic hydroxyl groups is 3. The Morgan fingerprint density at radius 2 is 2.20 bits per heavy atom. The summed E-state index contributed by atoms with van der Waals surface area (Å²) in [5, 5.41) is 42.2. The quantitative estimate of drug-likeness (QED) is 0.469. The molecule has 2 aliphatic rings. The van der Waals surface area contributed by atoms with Crippen LogP contribution in [0.5, 0.6) is 5.75 Å². The molecule has 0 bridgehead atoms. The number of aromatic nitrogens is 3. The van der Waals surface area contributed by atoms with E-state index >= 15 is 0 Å². The van der Waals surface area contributed by atoms with E-state index in [1.54, 1.807) is 23.0 Å². The van der Waals surface area contributed by atoms with E-state index < -0.39 is 24.4 Å². The van der Waals surface area contributed by atoms with Gasteiger partial charge in [0.2, 0.25) is 0 Å². The van der Waals surface area contributed by atoms with Gasteiger partial charge < -0.3 is 30.1 Å². The van der Waals surface area contributed by atoms with Gasteiger partial charge in [-0.25, -0.2) is 4.68 Å². The summed E-state index contributed by atoms with van der Waals surface area (Å²) in [6.45, 7) is 2.97. The lowest BCUT2D eigenvalue weighted by molar-refractivity contribution is -0.160. The number of nitrogens with one attached hydrogen (secondary N) is 1. The highest BCUT2D eigenvalue weighted by atomic mass is 32.2. The SMILES string of the molecule is CCN=C1NC2C(OC(Cn3cc(COc4cccc(CO)c4)nn3)C(O)C2O)S1. The number of hydrogen-bond acceptors (Lipinski definition) is 9. The van der Waals surface area contributed by atoms with E-state index in [0.29, 0.717) is 23.2 Å². The van der Waals surface area contributed by atoms with Crippen LogP contribution >= 0.6 is 11.8 Å². The van der Waals surface area contributed by atoms with E-state index in [2.05, 4.69) is 20.6 Å². The number of thioether (sulfide) groups is 1. The summed E-state index contributed by atoms with van der Waals surface area (Å²) in [5.41, 5.74) is 1.05. The van der Waals surface area contributed by atoms with Crippen molar-refractivity contribution in [3.05, 3.63) is 41.7 Å². The van der Waals surface area contributed by atoms with Crippen molar-refractivity contribution in [3.8, 4) is 5.75 Å². The van der Waals surface area contributed by atoms with Crippen molar-refractivity contribution in [3.63, 3.8) is 0 Å². The Morgan fingerprint density at radius 1 is 1.33 bits per heavy atom. The molecule has 4 N–H and O–H groups in total. The molecule has 0 spiro atoms. The predicted octanol–water partition coefficient (Wildman–Crippen LogP) is -0.123. The number of ether oxygens (including phenoxy) is 2. The lowest BCUT2D eigenvalue weighted by atomic mass is 9.98. The number of nitrogens with zero attached hydrogens (tertiary/aromatic N) is 4. The number of aliphatic hydroxyl groups excluding tert-OH is 3. The Hall–Kier alpha value is -2.18. The fourth-order valence-electron chi connectivity index (χ4n) is 3.42. The van der Waals surface area contributed by atoms with Gasteiger partial charge in [-0.15, -0.1) is 5.10 Å². The van der Waals surface area contributed by atoms with Crippen LogP contribution in [0, 0.1) is 0 Å². The van der Waals surface area contributed by atoms with Gasteiger partial charge in [0, 0.05) is 6.54 Å². The van der Waals surface area contributed by atoms with Crippen LogP contribution in [-0.2, 0) is 24.5 Å². The second-order valence-electron chi connectivity index (χ2n) is 7.12. The Bertz CT molecular complexity index is 894. The van der Waals surface area contributed by atoms with Crippen molar-refractivity contribution < 1.29 is 24.8 Å². The Morgan fingerprint density at radius 3 is 3.00 bits per heavy atom. The molecule has 3 heterocycles. The minimum atomic E-state index is -1.06. The summed E-state index contributed by atoms with van der Waals surface area (Å²) >= 11 is 1.42. The van der Waals surface area contributed by atoms with Gasteiger partial charge >= 0.3 is 0 Å². The average molecular weight is 436 g/mol. The van der Waals surface area contributed by atoms with Crippen LogP contribution in [0.25, 0.3) is 0 Å². The van der Waals surface area contributed by atoms with E-state index in [9.17, 15) is 15.3 Å². The second-order valence-corrected chi connectivity index (χ2v) is 8.20. The minimum Gasteiger partial charge on any atom is -0.487 e. The Balaban J connectivity index is 1.35. The molecular weight excluding hydrogens is 410 g/mol. The first kappa shape index (κ1) is 21.1. The molecule has 2 fully saturated rings. The minimum absolute atomic E-state index is 0.0512. The van der Waals surface area contributed by atoms with Crippen LogP contribution in [0.4, 0.5) is 0 Å². The molecule has 11 heteroatoms. The van der Waals surface area contributed by atoms with Crippen molar-refractivity contribution in [1.82, 2.24) is 20.3 Å². The van der Waals surface area contributed by atoms with Gasteiger partial charge in [-0.1, -0.05) is 29.1 Å². The zero-order chi connectivity index (χ0) is 21.1. The van der Waals surface area contributed by atoms with Crippen LogP contribution in [0.2, 0.25) is 0 Å². The maximum Gasteiger partial charge on any atom is 0.159 e. The monoisotopic (exact) mass is 435 g/mol. The lowest BCUT2D eigenvalue weighted by Crippen LogP contribution is -2.59. The first-order chi connectivity index (χ1) is 14.6. The number of hydrogen-bond donors (Lipinski definition) is 4. The highest BCUT2D eigenvalue weighted by molar-refractivity contribution is 8.14. The lowest BCUT2D eigenvalue weighted by Gasteiger charge is -2.38. The number of benzene rings is 1. The van der Waals surface area contributed by atoms with E-state index in [-0.39, 0.29) is 25.2 Å². The van der Waals surface area contributed by atoms with Gasteiger partial charge in [-0.3, -0.25) is 4.99 Å². The van der Waals surface area contributed by atoms with Gasteiger partial charge in [0.1, 0.15) is 41.8 Å². The summed E-state index contributed by atoms with van der Waals surface area (Å²) in [6, 6.07) is 6.78. The number of rotatable bonds is 7. The summed E-state index contributed by atoms with van der Waals surface area (Å²) in [5.74, 6) is 0.631. The van der Waals surface area contributed by atoms with Crippen LogP contribution in [0.1, 0.15) is 18.2 Å². The molecule has 5 atom stereocenters. The van der Waals surface area contributed by atoms with Gasteiger partial charge in [0.05, 0.1) is 25.4 Å².